The molecule has 2 rings (SSSR count). The highest BCUT2D eigenvalue weighted by Crippen LogP contribution is 2.50. The van der Waals surface area contributed by atoms with Gasteiger partial charge in [0.25, 0.3) is 0 Å². The Morgan fingerprint density at radius 3 is 2.72 bits per heavy atom. The molecule has 1 saturated carbocycles. The fraction of sp³-hybridized carbons (Fsp3) is 0.688. The van der Waals surface area contributed by atoms with E-state index in [1.54, 1.807) is 6.92 Å². The minimum atomic E-state index is 0.165. The molecular formula is C16H25NO. The van der Waals surface area contributed by atoms with Gasteiger partial charge in [0, 0.05) is 25.1 Å². The Hall–Kier alpha value is -1.05. The molecule has 18 heavy (non-hydrogen) atoms. The fourth-order valence-electron chi connectivity index (χ4n) is 4.04. The summed E-state index contributed by atoms with van der Waals surface area (Å²) in [5, 5.41) is 0. The number of hydrogen-bond donors (Lipinski definition) is 0. The van der Waals surface area contributed by atoms with E-state index in [9.17, 15) is 4.79 Å². The summed E-state index contributed by atoms with van der Waals surface area (Å²) in [7, 11) is 0. The van der Waals surface area contributed by atoms with Crippen molar-refractivity contribution in [3.8, 4) is 0 Å². The van der Waals surface area contributed by atoms with Crippen LogP contribution in [0.25, 0.3) is 0 Å². The van der Waals surface area contributed by atoms with Gasteiger partial charge in [-0.3, -0.25) is 4.79 Å². The lowest BCUT2D eigenvalue weighted by atomic mass is 9.61. The van der Waals surface area contributed by atoms with Gasteiger partial charge < -0.3 is 4.90 Å². The van der Waals surface area contributed by atoms with E-state index in [0.29, 0.717) is 12.0 Å². The van der Waals surface area contributed by atoms with Gasteiger partial charge in [-0.15, -0.1) is 0 Å². The van der Waals surface area contributed by atoms with Crippen LogP contribution >= 0.6 is 0 Å². The van der Waals surface area contributed by atoms with Gasteiger partial charge >= 0.3 is 0 Å². The number of rotatable bonds is 1. The van der Waals surface area contributed by atoms with Gasteiger partial charge in [-0.2, -0.15) is 0 Å². The highest BCUT2D eigenvalue weighted by molar-refractivity contribution is 5.75. The molecule has 0 bridgehead atoms. The van der Waals surface area contributed by atoms with Gasteiger partial charge in [-0.25, -0.2) is 0 Å². The molecule has 100 valence electrons. The molecule has 0 saturated heterocycles. The van der Waals surface area contributed by atoms with Crippen LogP contribution in [-0.2, 0) is 4.79 Å². The highest BCUT2D eigenvalue weighted by atomic mass is 16.2. The third kappa shape index (κ3) is 2.13. The number of allylic oxidation sites excluding steroid dienone is 1. The van der Waals surface area contributed by atoms with Crippen LogP contribution in [0.1, 0.15) is 53.4 Å². The first-order valence-electron chi connectivity index (χ1n) is 6.97. The average Bonchev–Trinajstić information content (AvgIpc) is 2.25. The topological polar surface area (TPSA) is 20.3 Å². The predicted molar refractivity (Wildman–Crippen MR) is 74.9 cm³/mol. The van der Waals surface area contributed by atoms with Crippen LogP contribution in [-0.4, -0.2) is 16.8 Å². The van der Waals surface area contributed by atoms with E-state index in [1.165, 1.54) is 30.4 Å². The van der Waals surface area contributed by atoms with Gasteiger partial charge in [-0.1, -0.05) is 31.1 Å². The van der Waals surface area contributed by atoms with Crippen molar-refractivity contribution in [2.24, 2.45) is 11.3 Å². The Morgan fingerprint density at radius 2 is 2.17 bits per heavy atom. The number of carbonyl (C=O) groups is 1. The van der Waals surface area contributed by atoms with Gasteiger partial charge in [-0.05, 0) is 38.5 Å². The van der Waals surface area contributed by atoms with Crippen molar-refractivity contribution in [1.82, 2.24) is 4.90 Å². The van der Waals surface area contributed by atoms with E-state index < -0.39 is 0 Å². The molecule has 0 radical (unpaired) electrons. The van der Waals surface area contributed by atoms with Gasteiger partial charge in [0.05, 0.1) is 0 Å². The summed E-state index contributed by atoms with van der Waals surface area (Å²) < 4.78 is 0. The van der Waals surface area contributed by atoms with Crippen molar-refractivity contribution in [2.45, 2.75) is 59.4 Å². The normalized spacial score (nSPS) is 35.8. The van der Waals surface area contributed by atoms with Crippen LogP contribution in [0.4, 0.5) is 0 Å². The Morgan fingerprint density at radius 1 is 1.50 bits per heavy atom. The van der Waals surface area contributed by atoms with E-state index in [0.717, 1.165) is 6.42 Å². The van der Waals surface area contributed by atoms with Gasteiger partial charge in [0.15, 0.2) is 0 Å². The molecule has 0 aromatic carbocycles. The third-order valence-corrected chi connectivity index (χ3v) is 4.70. The quantitative estimate of drug-likeness (QED) is 0.644. The number of amides is 1. The Kier molecular flexibility index (Phi) is 3.39. The molecule has 1 aliphatic carbocycles. The molecule has 0 N–H and O–H groups in total. The zero-order valence-electron chi connectivity index (χ0n) is 12.1. The Bertz CT molecular complexity index is 409. The molecule has 2 heteroatoms. The molecule has 1 fully saturated rings. The molecule has 0 unspecified atom stereocenters. The highest BCUT2D eigenvalue weighted by Gasteiger charge is 2.47. The first-order valence-corrected chi connectivity index (χ1v) is 6.97. The van der Waals surface area contributed by atoms with Crippen LogP contribution in [0.15, 0.2) is 23.9 Å². The first kappa shape index (κ1) is 13.4. The van der Waals surface area contributed by atoms with Gasteiger partial charge in [0.2, 0.25) is 5.91 Å². The molecule has 2 aliphatic rings. The molecule has 1 heterocycles. The minimum absolute atomic E-state index is 0.165. The van der Waals surface area contributed by atoms with E-state index >= 15 is 0 Å². The van der Waals surface area contributed by atoms with Crippen LogP contribution < -0.4 is 0 Å². The molecule has 2 nitrogen and oxygen atoms in total. The third-order valence-electron chi connectivity index (χ3n) is 4.70. The van der Waals surface area contributed by atoms with Crippen molar-refractivity contribution in [1.29, 1.82) is 0 Å². The SMILES string of the molecule is C=C(C)[C@H]1CCC[C@]2(C)CC(C)=CN(C(C)=O)[C@H]12. The summed E-state index contributed by atoms with van der Waals surface area (Å²) in [5.74, 6) is 0.621. The summed E-state index contributed by atoms with van der Waals surface area (Å²) in [6.45, 7) is 12.4. The van der Waals surface area contributed by atoms with Crippen LogP contribution in [0, 0.1) is 11.3 Å². The minimum Gasteiger partial charge on any atom is -0.315 e. The smallest absolute Gasteiger partial charge is 0.223 e. The van der Waals surface area contributed by atoms with Crippen molar-refractivity contribution in [3.63, 3.8) is 0 Å². The standard InChI is InChI=1S/C16H25NO/c1-11(2)14-7-6-8-16(5)9-12(3)10-17(13(4)18)15(14)16/h10,14-15H,1,6-9H2,2-5H3/t14-,15-,16-/m1/s1. The maximum atomic E-state index is 12.0. The number of nitrogens with zero attached hydrogens (tertiary/aromatic N) is 1. The largest absolute Gasteiger partial charge is 0.315 e. The molecule has 0 aromatic rings. The summed E-state index contributed by atoms with van der Waals surface area (Å²) in [6.07, 6.45) is 6.83. The van der Waals surface area contributed by atoms with Crippen LogP contribution in [0.3, 0.4) is 0 Å². The fourth-order valence-corrected chi connectivity index (χ4v) is 4.04. The maximum absolute atomic E-state index is 12.0. The van der Waals surface area contributed by atoms with Crippen LogP contribution in [0.5, 0.6) is 0 Å². The first-order chi connectivity index (χ1) is 8.35. The van der Waals surface area contributed by atoms with Crippen LogP contribution in [0.2, 0.25) is 0 Å². The second-order valence-corrected chi connectivity index (χ2v) is 6.52. The average molecular weight is 247 g/mol. The van der Waals surface area contributed by atoms with Crippen molar-refractivity contribution < 1.29 is 4.79 Å². The molecule has 0 spiro atoms. The molecular weight excluding hydrogens is 222 g/mol. The second kappa shape index (κ2) is 4.56. The molecule has 3 atom stereocenters. The Balaban J connectivity index is 2.44. The van der Waals surface area contributed by atoms with Crippen molar-refractivity contribution >= 4 is 5.91 Å². The van der Waals surface area contributed by atoms with E-state index in [-0.39, 0.29) is 11.3 Å². The summed E-state index contributed by atoms with van der Waals surface area (Å²) in [4.78, 5) is 13.9. The Labute approximate surface area is 111 Å². The summed E-state index contributed by atoms with van der Waals surface area (Å²) in [5.41, 5.74) is 2.78. The zero-order valence-corrected chi connectivity index (χ0v) is 12.1. The van der Waals surface area contributed by atoms with E-state index in [2.05, 4.69) is 33.6 Å². The number of fused-ring (bicyclic) bond motifs is 1. The lowest BCUT2D eigenvalue weighted by Gasteiger charge is -2.53. The summed E-state index contributed by atoms with van der Waals surface area (Å²) in [6, 6.07) is 0.310. The zero-order chi connectivity index (χ0) is 13.5. The molecule has 1 aliphatic heterocycles. The molecule has 0 aromatic heterocycles. The van der Waals surface area contributed by atoms with E-state index in [4.69, 9.17) is 0 Å². The predicted octanol–water partition coefficient (Wildman–Crippen LogP) is 3.89. The molecule has 1 amide bonds. The maximum Gasteiger partial charge on any atom is 0.223 e. The summed E-state index contributed by atoms with van der Waals surface area (Å²) >= 11 is 0. The van der Waals surface area contributed by atoms with E-state index in [1.807, 2.05) is 4.90 Å². The number of hydrogen-bond acceptors (Lipinski definition) is 1. The second-order valence-electron chi connectivity index (χ2n) is 6.52. The lowest BCUT2D eigenvalue weighted by Crippen LogP contribution is -2.55. The number of carbonyl (C=O) groups excluding carboxylic acids is 1. The lowest BCUT2D eigenvalue weighted by molar-refractivity contribution is -0.134. The van der Waals surface area contributed by atoms with Crippen molar-refractivity contribution in [2.75, 3.05) is 0 Å². The monoisotopic (exact) mass is 247 g/mol. The van der Waals surface area contributed by atoms with Crippen molar-refractivity contribution in [3.05, 3.63) is 23.9 Å². The van der Waals surface area contributed by atoms with Gasteiger partial charge in [0.1, 0.15) is 0 Å².